The van der Waals surface area contributed by atoms with Gasteiger partial charge in [0.05, 0.1) is 16.9 Å². The van der Waals surface area contributed by atoms with E-state index in [1.807, 2.05) is 6.92 Å². The van der Waals surface area contributed by atoms with Crippen LogP contribution >= 0.6 is 0 Å². The summed E-state index contributed by atoms with van der Waals surface area (Å²) in [4.78, 5) is 10.8. The van der Waals surface area contributed by atoms with Crippen LogP contribution in [0.15, 0.2) is 0 Å². The maximum Gasteiger partial charge on any atom is 0.306 e. The van der Waals surface area contributed by atoms with Gasteiger partial charge in [-0.1, -0.05) is 13.3 Å². The molecule has 2 unspecified atom stereocenters. The van der Waals surface area contributed by atoms with Crippen LogP contribution in [-0.2, 0) is 14.6 Å². The summed E-state index contributed by atoms with van der Waals surface area (Å²) in [7, 11) is -3.06. The Balaban J connectivity index is 2.67. The molecule has 0 radical (unpaired) electrons. The summed E-state index contributed by atoms with van der Waals surface area (Å²) in [6, 6.07) is 0. The van der Waals surface area contributed by atoms with Crippen LogP contribution in [-0.4, -0.2) is 30.5 Å². The van der Waals surface area contributed by atoms with Crippen molar-refractivity contribution >= 4 is 15.8 Å². The Bertz CT molecular complexity index is 320. The van der Waals surface area contributed by atoms with Crippen LogP contribution in [0.5, 0.6) is 0 Å². The predicted molar refractivity (Wildman–Crippen MR) is 57.5 cm³/mol. The zero-order valence-electron chi connectivity index (χ0n) is 8.98. The first-order chi connectivity index (χ1) is 6.97. The number of carbonyl (C=O) groups is 1. The van der Waals surface area contributed by atoms with Gasteiger partial charge < -0.3 is 5.11 Å². The van der Waals surface area contributed by atoms with E-state index in [0.717, 1.165) is 0 Å². The maximum atomic E-state index is 11.8. The second kappa shape index (κ2) is 4.96. The van der Waals surface area contributed by atoms with Crippen LogP contribution in [0.25, 0.3) is 0 Å². The van der Waals surface area contributed by atoms with E-state index in [0.29, 0.717) is 32.1 Å². The van der Waals surface area contributed by atoms with E-state index in [4.69, 9.17) is 5.11 Å². The molecule has 1 aliphatic rings. The third kappa shape index (κ3) is 3.19. The fraction of sp³-hybridized carbons (Fsp3) is 0.900. The molecule has 0 spiro atoms. The lowest BCUT2D eigenvalue weighted by Gasteiger charge is -2.26. The van der Waals surface area contributed by atoms with Gasteiger partial charge in [-0.3, -0.25) is 4.79 Å². The maximum absolute atomic E-state index is 11.8. The SMILES string of the molecule is CCCS(=O)(=O)C1CCCC(C(=O)O)C1. The number of hydrogen-bond donors (Lipinski definition) is 1. The number of carboxylic acids is 1. The highest BCUT2D eigenvalue weighted by Gasteiger charge is 2.33. The van der Waals surface area contributed by atoms with E-state index in [1.54, 1.807) is 0 Å². The molecule has 1 rings (SSSR count). The fourth-order valence-corrected chi connectivity index (χ4v) is 4.10. The molecule has 1 saturated carbocycles. The third-order valence-electron chi connectivity index (χ3n) is 2.97. The highest BCUT2D eigenvalue weighted by Crippen LogP contribution is 2.29. The second-order valence-electron chi connectivity index (χ2n) is 4.19. The molecule has 0 aliphatic heterocycles. The number of carboxylic acid groups (broad SMARTS) is 1. The molecule has 1 aliphatic carbocycles. The average Bonchev–Trinajstić information content (AvgIpc) is 2.18. The minimum atomic E-state index is -3.06. The molecule has 0 aromatic carbocycles. The van der Waals surface area contributed by atoms with Crippen molar-refractivity contribution in [3.05, 3.63) is 0 Å². The van der Waals surface area contributed by atoms with Gasteiger partial charge in [0.25, 0.3) is 0 Å². The minimum Gasteiger partial charge on any atom is -0.481 e. The van der Waals surface area contributed by atoms with Gasteiger partial charge in [0.15, 0.2) is 9.84 Å². The Morgan fingerprint density at radius 1 is 1.40 bits per heavy atom. The van der Waals surface area contributed by atoms with E-state index in [9.17, 15) is 13.2 Å². The van der Waals surface area contributed by atoms with Gasteiger partial charge >= 0.3 is 5.97 Å². The second-order valence-corrected chi connectivity index (χ2v) is 6.59. The lowest BCUT2D eigenvalue weighted by Crippen LogP contribution is -2.32. The van der Waals surface area contributed by atoms with Crippen LogP contribution in [0.4, 0.5) is 0 Å². The van der Waals surface area contributed by atoms with Crippen molar-refractivity contribution in [1.29, 1.82) is 0 Å². The number of aliphatic carboxylic acids is 1. The average molecular weight is 234 g/mol. The first-order valence-corrected chi connectivity index (χ1v) is 7.13. The lowest BCUT2D eigenvalue weighted by atomic mass is 9.89. The smallest absolute Gasteiger partial charge is 0.306 e. The lowest BCUT2D eigenvalue weighted by molar-refractivity contribution is -0.142. The molecule has 0 bridgehead atoms. The Hall–Kier alpha value is -0.580. The molecule has 0 heterocycles. The quantitative estimate of drug-likeness (QED) is 0.799. The van der Waals surface area contributed by atoms with Gasteiger partial charge in [0, 0.05) is 0 Å². The van der Waals surface area contributed by atoms with Crippen LogP contribution in [0.1, 0.15) is 39.0 Å². The highest BCUT2D eigenvalue weighted by atomic mass is 32.2. The van der Waals surface area contributed by atoms with E-state index < -0.39 is 27.0 Å². The number of sulfone groups is 1. The minimum absolute atomic E-state index is 0.185. The summed E-state index contributed by atoms with van der Waals surface area (Å²) < 4.78 is 23.5. The van der Waals surface area contributed by atoms with E-state index >= 15 is 0 Å². The summed E-state index contributed by atoms with van der Waals surface area (Å²) >= 11 is 0. The van der Waals surface area contributed by atoms with Gasteiger partial charge in [-0.25, -0.2) is 8.42 Å². The van der Waals surface area contributed by atoms with Gasteiger partial charge in [-0.2, -0.15) is 0 Å². The van der Waals surface area contributed by atoms with E-state index in [2.05, 4.69) is 0 Å². The molecule has 88 valence electrons. The fourth-order valence-electron chi connectivity index (χ4n) is 2.15. The number of rotatable bonds is 4. The van der Waals surface area contributed by atoms with Crippen molar-refractivity contribution in [3.8, 4) is 0 Å². The summed E-state index contributed by atoms with van der Waals surface area (Å²) in [6.45, 7) is 1.83. The first-order valence-electron chi connectivity index (χ1n) is 5.41. The molecule has 0 amide bonds. The van der Waals surface area contributed by atoms with Gasteiger partial charge in [-0.15, -0.1) is 0 Å². The van der Waals surface area contributed by atoms with Crippen LogP contribution in [0, 0.1) is 5.92 Å². The molecule has 0 saturated heterocycles. The van der Waals surface area contributed by atoms with Crippen molar-refractivity contribution < 1.29 is 18.3 Å². The first kappa shape index (κ1) is 12.5. The van der Waals surface area contributed by atoms with Crippen molar-refractivity contribution in [2.45, 2.75) is 44.3 Å². The Kier molecular flexibility index (Phi) is 4.13. The molecular weight excluding hydrogens is 216 g/mol. The highest BCUT2D eigenvalue weighted by molar-refractivity contribution is 7.92. The molecule has 1 fully saturated rings. The molecule has 1 N–H and O–H groups in total. The van der Waals surface area contributed by atoms with Crippen LogP contribution in [0.2, 0.25) is 0 Å². The molecule has 4 nitrogen and oxygen atoms in total. The van der Waals surface area contributed by atoms with Gasteiger partial charge in [0.2, 0.25) is 0 Å². The molecule has 5 heteroatoms. The third-order valence-corrected chi connectivity index (χ3v) is 5.39. The zero-order chi connectivity index (χ0) is 11.5. The van der Waals surface area contributed by atoms with Gasteiger partial charge in [0.1, 0.15) is 0 Å². The summed E-state index contributed by atoms with van der Waals surface area (Å²) in [5, 5.41) is 8.43. The van der Waals surface area contributed by atoms with Gasteiger partial charge in [-0.05, 0) is 25.7 Å². The molecule has 15 heavy (non-hydrogen) atoms. The van der Waals surface area contributed by atoms with Crippen molar-refractivity contribution in [2.75, 3.05) is 5.75 Å². The van der Waals surface area contributed by atoms with Crippen LogP contribution < -0.4 is 0 Å². The summed E-state index contributed by atoms with van der Waals surface area (Å²) in [5.74, 6) is -1.13. The van der Waals surface area contributed by atoms with Crippen molar-refractivity contribution in [3.63, 3.8) is 0 Å². The largest absolute Gasteiger partial charge is 0.481 e. The topological polar surface area (TPSA) is 71.4 Å². The van der Waals surface area contributed by atoms with Crippen molar-refractivity contribution in [2.24, 2.45) is 5.92 Å². The predicted octanol–water partition coefficient (Wildman–Crippen LogP) is 1.45. The zero-order valence-corrected chi connectivity index (χ0v) is 9.79. The monoisotopic (exact) mass is 234 g/mol. The molecular formula is C10H18O4S. The molecule has 2 atom stereocenters. The Morgan fingerprint density at radius 3 is 2.60 bits per heavy atom. The Morgan fingerprint density at radius 2 is 2.07 bits per heavy atom. The van der Waals surface area contributed by atoms with Crippen LogP contribution in [0.3, 0.4) is 0 Å². The van der Waals surface area contributed by atoms with Crippen molar-refractivity contribution in [1.82, 2.24) is 0 Å². The Labute approximate surface area is 90.6 Å². The standard InChI is InChI=1S/C10H18O4S/c1-2-6-15(13,14)9-5-3-4-8(7-9)10(11)12/h8-9H,2-7H2,1H3,(H,11,12). The summed E-state index contributed by atoms with van der Waals surface area (Å²) in [5.41, 5.74) is 0. The molecule has 0 aromatic rings. The number of hydrogen-bond acceptors (Lipinski definition) is 3. The molecule has 0 aromatic heterocycles. The van der Waals surface area contributed by atoms with E-state index in [1.165, 1.54) is 0 Å². The van der Waals surface area contributed by atoms with E-state index in [-0.39, 0.29) is 5.75 Å². The summed E-state index contributed by atoms with van der Waals surface area (Å²) in [6.07, 6.45) is 2.87. The normalized spacial score (nSPS) is 27.5.